The van der Waals surface area contributed by atoms with Crippen LogP contribution in [0.1, 0.15) is 20.3 Å². The number of hydrogen-bond acceptors (Lipinski definition) is 2. The van der Waals surface area contributed by atoms with Crippen LogP contribution in [0.5, 0.6) is 0 Å². The molecule has 1 rings (SSSR count). The molecule has 78 valence electrons. The maximum Gasteiger partial charge on any atom is 0.221 e. The van der Waals surface area contributed by atoms with Gasteiger partial charge < -0.3 is 5.73 Å². The van der Waals surface area contributed by atoms with Gasteiger partial charge in [-0.1, -0.05) is 13.8 Å². The van der Waals surface area contributed by atoms with E-state index in [1.807, 2.05) is 13.8 Å². The maximum absolute atomic E-state index is 10.9. The van der Waals surface area contributed by atoms with Crippen LogP contribution in [0.2, 0.25) is 0 Å². The summed E-state index contributed by atoms with van der Waals surface area (Å²) in [5, 5.41) is 0. The number of carbonyl (C=O) groups is 1. The van der Waals surface area contributed by atoms with E-state index in [4.69, 9.17) is 5.73 Å². The number of rotatable bonds is 2. The van der Waals surface area contributed by atoms with Crippen LogP contribution in [0.3, 0.4) is 0 Å². The summed E-state index contributed by atoms with van der Waals surface area (Å²) in [6.45, 7) is 5.27. The fourth-order valence-corrected chi connectivity index (χ4v) is 1.95. The summed E-state index contributed by atoms with van der Waals surface area (Å²) < 4.78 is 12.7. The lowest BCUT2D eigenvalue weighted by Gasteiger charge is -2.09. The van der Waals surface area contributed by atoms with E-state index in [0.29, 0.717) is 6.54 Å². The first-order chi connectivity index (χ1) is 6.11. The maximum atomic E-state index is 10.9. The monoisotopic (exact) mass is 206 g/mol. The van der Waals surface area contributed by atoms with Crippen LogP contribution in [0.4, 0.5) is 0 Å². The third kappa shape index (κ3) is 3.87. The van der Waals surface area contributed by atoms with E-state index >= 15 is 0 Å². The summed E-state index contributed by atoms with van der Waals surface area (Å²) in [5.74, 6) is -0.378. The predicted molar refractivity (Wildman–Crippen MR) is 54.3 cm³/mol. The molecule has 1 amide bonds. The van der Waals surface area contributed by atoms with E-state index in [1.165, 1.54) is 0 Å². The lowest BCUT2D eigenvalue weighted by Crippen LogP contribution is -2.28. The van der Waals surface area contributed by atoms with Crippen LogP contribution in [-0.4, -0.2) is 33.8 Å². The Balaban J connectivity index is 0.000000671. The first-order valence-corrected chi connectivity index (χ1v) is 6.00. The van der Waals surface area contributed by atoms with Gasteiger partial charge in [0.25, 0.3) is 0 Å². The molecule has 4 nitrogen and oxygen atoms in total. The summed E-state index contributed by atoms with van der Waals surface area (Å²) in [5.41, 5.74) is 5.10. The van der Waals surface area contributed by atoms with Crippen molar-refractivity contribution in [3.8, 4) is 0 Å². The Kier molecular flexibility index (Phi) is 5.90. The normalized spacial score (nSPS) is 24.7. The van der Waals surface area contributed by atoms with Crippen molar-refractivity contribution in [1.29, 1.82) is 0 Å². The van der Waals surface area contributed by atoms with Gasteiger partial charge in [-0.15, -0.1) is 0 Å². The van der Waals surface area contributed by atoms with Gasteiger partial charge in [0.05, 0.1) is 16.9 Å². The molecule has 1 aliphatic heterocycles. The van der Waals surface area contributed by atoms with Crippen LogP contribution in [0.25, 0.3) is 0 Å². The van der Waals surface area contributed by atoms with Crippen LogP contribution < -0.4 is 5.73 Å². The molecule has 1 saturated heterocycles. The lowest BCUT2D eigenvalue weighted by atomic mass is 10.1. The van der Waals surface area contributed by atoms with Crippen LogP contribution in [-0.2, 0) is 15.8 Å². The van der Waals surface area contributed by atoms with Crippen molar-refractivity contribution in [3.05, 3.63) is 0 Å². The quantitative estimate of drug-likeness (QED) is 0.697. The highest BCUT2D eigenvalue weighted by molar-refractivity contribution is 7.81. The van der Waals surface area contributed by atoms with Crippen molar-refractivity contribution in [2.45, 2.75) is 20.3 Å². The molecule has 13 heavy (non-hydrogen) atoms. The SMILES string of the molecule is CC.CS(=O)N1CCC(C(N)=O)C1. The van der Waals surface area contributed by atoms with Gasteiger partial charge in [-0.2, -0.15) is 0 Å². The zero-order valence-electron chi connectivity index (χ0n) is 8.45. The lowest BCUT2D eigenvalue weighted by molar-refractivity contribution is -0.121. The first kappa shape index (κ1) is 12.6. The number of hydrogen-bond donors (Lipinski definition) is 1. The number of amides is 1. The summed E-state index contributed by atoms with van der Waals surface area (Å²) >= 11 is 0. The average Bonchev–Trinajstić information content (AvgIpc) is 2.56. The number of nitrogens with zero attached hydrogens (tertiary/aromatic N) is 1. The summed E-state index contributed by atoms with van der Waals surface area (Å²) in [4.78, 5) is 10.7. The molecule has 0 aromatic heterocycles. The van der Waals surface area contributed by atoms with E-state index in [0.717, 1.165) is 13.0 Å². The molecule has 2 atom stereocenters. The standard InChI is InChI=1S/C6H12N2O2S.C2H6/c1-11(10)8-3-2-5(4-8)6(7)9;1-2/h5H,2-4H2,1H3,(H2,7,9);1-2H3. The fraction of sp³-hybridized carbons (Fsp3) is 0.875. The van der Waals surface area contributed by atoms with E-state index in [2.05, 4.69) is 0 Å². The van der Waals surface area contributed by atoms with Gasteiger partial charge in [0.1, 0.15) is 0 Å². The van der Waals surface area contributed by atoms with Crippen LogP contribution in [0.15, 0.2) is 0 Å². The molecule has 2 unspecified atom stereocenters. The van der Waals surface area contributed by atoms with Crippen molar-refractivity contribution in [3.63, 3.8) is 0 Å². The minimum Gasteiger partial charge on any atom is -0.369 e. The van der Waals surface area contributed by atoms with E-state index in [-0.39, 0.29) is 11.8 Å². The molecule has 1 heterocycles. The number of carbonyl (C=O) groups excluding carboxylic acids is 1. The summed E-state index contributed by atoms with van der Waals surface area (Å²) in [6, 6.07) is 0. The smallest absolute Gasteiger partial charge is 0.221 e. The van der Waals surface area contributed by atoms with Gasteiger partial charge in [-0.3, -0.25) is 4.79 Å². The number of nitrogens with two attached hydrogens (primary N) is 1. The molecule has 0 aromatic carbocycles. The topological polar surface area (TPSA) is 63.4 Å². The van der Waals surface area contributed by atoms with Gasteiger partial charge >= 0.3 is 0 Å². The molecule has 0 saturated carbocycles. The Hall–Kier alpha value is -0.420. The Morgan fingerprint density at radius 1 is 1.54 bits per heavy atom. The Morgan fingerprint density at radius 3 is 2.31 bits per heavy atom. The molecule has 1 aliphatic rings. The zero-order chi connectivity index (χ0) is 10.4. The van der Waals surface area contributed by atoms with Crippen molar-refractivity contribution in [2.75, 3.05) is 19.3 Å². The molecule has 0 radical (unpaired) electrons. The summed E-state index contributed by atoms with van der Waals surface area (Å²) in [7, 11) is -0.953. The van der Waals surface area contributed by atoms with Gasteiger partial charge in [0.2, 0.25) is 5.91 Å². The third-order valence-corrected chi connectivity index (χ3v) is 2.98. The average molecular weight is 206 g/mol. The summed E-state index contributed by atoms with van der Waals surface area (Å²) in [6.07, 6.45) is 2.36. The second-order valence-corrected chi connectivity index (χ2v) is 4.06. The zero-order valence-corrected chi connectivity index (χ0v) is 9.26. The van der Waals surface area contributed by atoms with E-state index in [9.17, 15) is 9.00 Å². The van der Waals surface area contributed by atoms with Crippen molar-refractivity contribution in [1.82, 2.24) is 4.31 Å². The minimum atomic E-state index is -0.953. The molecule has 1 fully saturated rings. The van der Waals surface area contributed by atoms with Gasteiger partial charge in [0.15, 0.2) is 0 Å². The molecule has 2 N–H and O–H groups in total. The highest BCUT2D eigenvalue weighted by Gasteiger charge is 2.27. The van der Waals surface area contributed by atoms with Crippen molar-refractivity contribution >= 4 is 16.9 Å². The molecular formula is C8H18N2O2S. The molecule has 5 heteroatoms. The first-order valence-electron chi connectivity index (χ1n) is 4.49. The highest BCUT2D eigenvalue weighted by Crippen LogP contribution is 2.16. The van der Waals surface area contributed by atoms with Gasteiger partial charge in [-0.05, 0) is 6.42 Å². The number of primary amides is 1. The minimum absolute atomic E-state index is 0.0982. The predicted octanol–water partition coefficient (Wildman–Crippen LogP) is 0.113. The van der Waals surface area contributed by atoms with Crippen LogP contribution >= 0.6 is 0 Å². The van der Waals surface area contributed by atoms with Gasteiger partial charge in [0, 0.05) is 19.3 Å². The molecular weight excluding hydrogens is 188 g/mol. The van der Waals surface area contributed by atoms with Gasteiger partial charge in [-0.25, -0.2) is 8.51 Å². The highest BCUT2D eigenvalue weighted by atomic mass is 32.2. The Morgan fingerprint density at radius 2 is 2.08 bits per heavy atom. The molecule has 0 aliphatic carbocycles. The van der Waals surface area contributed by atoms with Crippen LogP contribution in [0, 0.1) is 5.92 Å². The van der Waals surface area contributed by atoms with Crippen molar-refractivity contribution in [2.24, 2.45) is 11.7 Å². The largest absolute Gasteiger partial charge is 0.369 e. The fourth-order valence-electron chi connectivity index (χ4n) is 1.19. The second kappa shape index (κ2) is 6.10. The molecule has 0 aromatic rings. The van der Waals surface area contributed by atoms with E-state index in [1.54, 1.807) is 10.6 Å². The molecule has 0 bridgehead atoms. The third-order valence-electron chi connectivity index (χ3n) is 1.92. The second-order valence-electron chi connectivity index (χ2n) is 2.70. The molecule has 0 spiro atoms. The van der Waals surface area contributed by atoms with E-state index < -0.39 is 11.0 Å². The Bertz CT molecular complexity index is 177. The van der Waals surface area contributed by atoms with Crippen molar-refractivity contribution < 1.29 is 9.00 Å². The Labute approximate surface area is 82.1 Å².